The summed E-state index contributed by atoms with van der Waals surface area (Å²) in [6.07, 6.45) is 4.08. The summed E-state index contributed by atoms with van der Waals surface area (Å²) in [6.45, 7) is 4.27. The Bertz CT molecular complexity index is 776. The molecule has 3 heteroatoms. The van der Waals surface area contributed by atoms with E-state index in [0.29, 0.717) is 11.5 Å². The van der Waals surface area contributed by atoms with E-state index in [4.69, 9.17) is 0 Å². The monoisotopic (exact) mass is 332 g/mol. The van der Waals surface area contributed by atoms with Crippen molar-refractivity contribution in [2.75, 3.05) is 5.32 Å². The van der Waals surface area contributed by atoms with E-state index in [1.165, 1.54) is 5.56 Å². The van der Waals surface area contributed by atoms with E-state index in [2.05, 4.69) is 25.2 Å². The molecule has 1 aliphatic carbocycles. The summed E-state index contributed by atoms with van der Waals surface area (Å²) in [6, 6.07) is 18.0. The lowest BCUT2D eigenvalue weighted by molar-refractivity contribution is 0.102. The number of carbonyl (C=O) groups excluding carboxylic acids is 1. The molecule has 128 valence electrons. The fourth-order valence-electron chi connectivity index (χ4n) is 3.54. The van der Waals surface area contributed by atoms with Gasteiger partial charge in [-0.15, -0.1) is 0 Å². The third-order valence-corrected chi connectivity index (χ3v) is 5.21. The van der Waals surface area contributed by atoms with Crippen LogP contribution in [0, 0.1) is 11.3 Å². The van der Waals surface area contributed by atoms with Crippen LogP contribution in [0.1, 0.15) is 66.9 Å². The van der Waals surface area contributed by atoms with E-state index >= 15 is 0 Å². The van der Waals surface area contributed by atoms with Gasteiger partial charge in [0, 0.05) is 11.3 Å². The van der Waals surface area contributed by atoms with Crippen molar-refractivity contribution >= 4 is 11.6 Å². The van der Waals surface area contributed by atoms with Crippen molar-refractivity contribution < 1.29 is 4.79 Å². The topological polar surface area (TPSA) is 52.9 Å². The molecule has 3 nitrogen and oxygen atoms in total. The molecule has 0 bridgehead atoms. The number of carbonyl (C=O) groups is 1. The summed E-state index contributed by atoms with van der Waals surface area (Å²) >= 11 is 0. The van der Waals surface area contributed by atoms with E-state index in [9.17, 15) is 10.1 Å². The van der Waals surface area contributed by atoms with Crippen LogP contribution in [0.25, 0.3) is 0 Å². The van der Waals surface area contributed by atoms with Crippen LogP contribution in [0.4, 0.5) is 5.69 Å². The number of rotatable bonds is 4. The van der Waals surface area contributed by atoms with E-state index in [1.807, 2.05) is 48.5 Å². The Labute approximate surface area is 149 Å². The van der Waals surface area contributed by atoms with E-state index in [1.54, 1.807) is 0 Å². The molecule has 0 spiro atoms. The van der Waals surface area contributed by atoms with E-state index < -0.39 is 0 Å². The summed E-state index contributed by atoms with van der Waals surface area (Å²) in [5.74, 6) is 0.339. The lowest BCUT2D eigenvalue weighted by Crippen LogP contribution is -2.19. The molecular formula is C22H24N2O. The fraction of sp³-hybridized carbons (Fsp3) is 0.364. The molecule has 2 aromatic carbocycles. The van der Waals surface area contributed by atoms with Crippen molar-refractivity contribution in [2.24, 2.45) is 0 Å². The first-order chi connectivity index (χ1) is 12.0. The van der Waals surface area contributed by atoms with Crippen molar-refractivity contribution in [3.05, 3.63) is 65.2 Å². The quantitative estimate of drug-likeness (QED) is 0.815. The largest absolute Gasteiger partial charge is 0.322 e. The second-order valence-electron chi connectivity index (χ2n) is 7.21. The van der Waals surface area contributed by atoms with Gasteiger partial charge in [-0.05, 0) is 54.2 Å². The number of hydrogen-bond acceptors (Lipinski definition) is 2. The smallest absolute Gasteiger partial charge is 0.255 e. The number of nitrogens with zero attached hydrogens (tertiary/aromatic N) is 1. The minimum atomic E-state index is -0.338. The Morgan fingerprint density at radius 1 is 1.04 bits per heavy atom. The van der Waals surface area contributed by atoms with E-state index in [0.717, 1.165) is 36.9 Å². The second kappa shape index (κ2) is 7.11. The molecule has 0 atom stereocenters. The molecule has 0 saturated heterocycles. The molecule has 1 saturated carbocycles. The number of anilines is 1. The minimum Gasteiger partial charge on any atom is -0.322 e. The molecule has 3 rings (SSSR count). The third-order valence-electron chi connectivity index (χ3n) is 5.21. The number of amides is 1. The first-order valence-electron chi connectivity index (χ1n) is 8.97. The van der Waals surface area contributed by atoms with Gasteiger partial charge >= 0.3 is 0 Å². The number of benzene rings is 2. The zero-order valence-corrected chi connectivity index (χ0v) is 14.9. The Morgan fingerprint density at radius 3 is 2.16 bits per heavy atom. The van der Waals surface area contributed by atoms with Gasteiger partial charge in [-0.1, -0.05) is 51.0 Å². The van der Waals surface area contributed by atoms with Crippen molar-refractivity contribution in [2.45, 2.75) is 50.9 Å². The highest BCUT2D eigenvalue weighted by Crippen LogP contribution is 2.40. The maximum Gasteiger partial charge on any atom is 0.255 e. The van der Waals surface area contributed by atoms with Gasteiger partial charge in [0.15, 0.2) is 0 Å². The molecule has 0 heterocycles. The molecule has 1 N–H and O–H groups in total. The Morgan fingerprint density at radius 2 is 1.64 bits per heavy atom. The average molecular weight is 332 g/mol. The van der Waals surface area contributed by atoms with Gasteiger partial charge in [0.1, 0.15) is 0 Å². The predicted octanol–water partition coefficient (Wildman–Crippen LogP) is 5.40. The first kappa shape index (κ1) is 17.2. The summed E-state index contributed by atoms with van der Waals surface area (Å²) in [4.78, 5) is 12.4. The normalized spacial score (nSPS) is 15.8. The third kappa shape index (κ3) is 3.58. The van der Waals surface area contributed by atoms with Crippen LogP contribution in [0.3, 0.4) is 0 Å². The standard InChI is InChI=1S/C22H24N2O/c1-16(2)17-5-7-18(8-6-17)21(25)24-20-11-9-19(10-12-20)22(15-23)13-3-4-14-22/h5-12,16H,3-4,13-14H2,1-2H3,(H,24,25). The van der Waals surface area contributed by atoms with Crippen molar-refractivity contribution in [1.29, 1.82) is 5.26 Å². The van der Waals surface area contributed by atoms with Gasteiger partial charge in [-0.3, -0.25) is 4.79 Å². The Hall–Kier alpha value is -2.60. The molecular weight excluding hydrogens is 308 g/mol. The van der Waals surface area contributed by atoms with Gasteiger partial charge in [-0.2, -0.15) is 5.26 Å². The predicted molar refractivity (Wildman–Crippen MR) is 101 cm³/mol. The van der Waals surface area contributed by atoms with Gasteiger partial charge in [0.2, 0.25) is 0 Å². The fourth-order valence-corrected chi connectivity index (χ4v) is 3.54. The van der Waals surface area contributed by atoms with Gasteiger partial charge < -0.3 is 5.32 Å². The van der Waals surface area contributed by atoms with Gasteiger partial charge in [0.25, 0.3) is 5.91 Å². The number of nitrogens with one attached hydrogen (secondary N) is 1. The zero-order valence-electron chi connectivity index (χ0n) is 14.9. The van der Waals surface area contributed by atoms with Crippen LogP contribution in [0.5, 0.6) is 0 Å². The van der Waals surface area contributed by atoms with Crippen LogP contribution in [0.15, 0.2) is 48.5 Å². The molecule has 1 aliphatic rings. The Kier molecular flexibility index (Phi) is 4.90. The zero-order chi connectivity index (χ0) is 17.9. The highest BCUT2D eigenvalue weighted by atomic mass is 16.1. The minimum absolute atomic E-state index is 0.112. The molecule has 0 aromatic heterocycles. The molecule has 25 heavy (non-hydrogen) atoms. The Balaban J connectivity index is 1.71. The van der Waals surface area contributed by atoms with E-state index in [-0.39, 0.29) is 11.3 Å². The highest BCUT2D eigenvalue weighted by molar-refractivity contribution is 6.04. The van der Waals surface area contributed by atoms with Crippen molar-refractivity contribution in [3.8, 4) is 6.07 Å². The lowest BCUT2D eigenvalue weighted by Gasteiger charge is -2.21. The molecule has 1 fully saturated rings. The summed E-state index contributed by atoms with van der Waals surface area (Å²) in [7, 11) is 0. The maximum atomic E-state index is 12.4. The summed E-state index contributed by atoms with van der Waals surface area (Å²) in [5, 5.41) is 12.5. The number of nitriles is 1. The van der Waals surface area contributed by atoms with Gasteiger partial charge in [0.05, 0.1) is 11.5 Å². The van der Waals surface area contributed by atoms with Crippen LogP contribution < -0.4 is 5.32 Å². The summed E-state index contributed by atoms with van der Waals surface area (Å²) < 4.78 is 0. The van der Waals surface area contributed by atoms with Crippen LogP contribution in [-0.4, -0.2) is 5.91 Å². The first-order valence-corrected chi connectivity index (χ1v) is 8.97. The molecule has 1 amide bonds. The maximum absolute atomic E-state index is 12.4. The average Bonchev–Trinajstić information content (AvgIpc) is 3.12. The van der Waals surface area contributed by atoms with Crippen LogP contribution in [0.2, 0.25) is 0 Å². The molecule has 0 aliphatic heterocycles. The van der Waals surface area contributed by atoms with Crippen LogP contribution in [-0.2, 0) is 5.41 Å². The highest BCUT2D eigenvalue weighted by Gasteiger charge is 2.35. The lowest BCUT2D eigenvalue weighted by atomic mass is 9.80. The van der Waals surface area contributed by atoms with Crippen molar-refractivity contribution in [3.63, 3.8) is 0 Å². The SMILES string of the molecule is CC(C)c1ccc(C(=O)Nc2ccc(C3(C#N)CCCC3)cc2)cc1. The van der Waals surface area contributed by atoms with Crippen molar-refractivity contribution in [1.82, 2.24) is 0 Å². The van der Waals surface area contributed by atoms with Gasteiger partial charge in [-0.25, -0.2) is 0 Å². The summed E-state index contributed by atoms with van der Waals surface area (Å²) in [5.41, 5.74) is 3.35. The molecule has 0 unspecified atom stereocenters. The number of hydrogen-bond donors (Lipinski definition) is 1. The molecule has 0 radical (unpaired) electrons. The van der Waals surface area contributed by atoms with Crippen LogP contribution >= 0.6 is 0 Å². The molecule has 2 aromatic rings. The second-order valence-corrected chi connectivity index (χ2v) is 7.21.